The predicted molar refractivity (Wildman–Crippen MR) is 123 cm³/mol. The minimum absolute atomic E-state index is 0.227. The molecular weight excluding hydrogens is 433 g/mol. The van der Waals surface area contributed by atoms with Gasteiger partial charge in [-0.05, 0) is 61.6 Å². The van der Waals surface area contributed by atoms with Crippen LogP contribution in [0.25, 0.3) is 0 Å². The first-order chi connectivity index (χ1) is 15.0. The lowest BCUT2D eigenvalue weighted by atomic mass is 9.92. The number of hydrogen-bond acceptors (Lipinski definition) is 5. The number of hydrogen-bond donors (Lipinski definition) is 0. The summed E-state index contributed by atoms with van der Waals surface area (Å²) in [6.45, 7) is 2.06. The smallest absolute Gasteiger partial charge is 0.339 e. The second-order valence-electron chi connectivity index (χ2n) is 7.90. The van der Waals surface area contributed by atoms with E-state index in [-0.39, 0.29) is 6.04 Å². The third-order valence-electron chi connectivity index (χ3n) is 6.02. The quantitative estimate of drug-likeness (QED) is 0.502. The van der Waals surface area contributed by atoms with Crippen LogP contribution in [0.15, 0.2) is 41.5 Å². The molecule has 5 nitrogen and oxygen atoms in total. The van der Waals surface area contributed by atoms with Crippen molar-refractivity contribution in [2.24, 2.45) is 11.0 Å². The normalized spacial score (nSPS) is 18.7. The SMILES string of the molecule is CCOC(=O)c1ccc(C2=NN(c3ccc(C#N)c(Cl)c3)C(C3CCCC3)C2)cc1Cl. The molecule has 1 aliphatic heterocycles. The van der Waals surface area contributed by atoms with Crippen LogP contribution in [-0.2, 0) is 4.74 Å². The summed E-state index contributed by atoms with van der Waals surface area (Å²) in [6.07, 6.45) is 5.61. The number of esters is 1. The molecular formula is C24H23Cl2N3O2. The molecule has 2 aromatic rings. The highest BCUT2D eigenvalue weighted by atomic mass is 35.5. The molecule has 7 heteroatoms. The number of benzene rings is 2. The van der Waals surface area contributed by atoms with Crippen molar-refractivity contribution < 1.29 is 9.53 Å². The summed E-state index contributed by atoms with van der Waals surface area (Å²) in [6, 6.07) is 13.1. The van der Waals surface area contributed by atoms with Crippen LogP contribution < -0.4 is 5.01 Å². The van der Waals surface area contributed by atoms with Gasteiger partial charge in [0.25, 0.3) is 0 Å². The highest BCUT2D eigenvalue weighted by Crippen LogP contribution is 2.39. The summed E-state index contributed by atoms with van der Waals surface area (Å²) in [4.78, 5) is 12.1. The average molecular weight is 456 g/mol. The standard InChI is InChI=1S/C24H23Cl2N3O2/c1-2-31-24(30)19-10-8-16(11-21(19)26)22-13-23(15-5-3-4-6-15)29(28-22)18-9-7-17(14-27)20(25)12-18/h7-12,15,23H,2-6,13H2,1H3. The molecule has 0 N–H and O–H groups in total. The van der Waals surface area contributed by atoms with Crippen molar-refractivity contribution in [3.63, 3.8) is 0 Å². The van der Waals surface area contributed by atoms with Gasteiger partial charge in [-0.25, -0.2) is 4.79 Å². The Balaban J connectivity index is 1.67. The summed E-state index contributed by atoms with van der Waals surface area (Å²) < 4.78 is 5.07. The molecule has 0 amide bonds. The number of halogens is 2. The van der Waals surface area contributed by atoms with E-state index in [1.807, 2.05) is 23.2 Å². The van der Waals surface area contributed by atoms with Crippen LogP contribution in [0.4, 0.5) is 5.69 Å². The van der Waals surface area contributed by atoms with Gasteiger partial charge in [0.1, 0.15) is 6.07 Å². The summed E-state index contributed by atoms with van der Waals surface area (Å²) in [5, 5.41) is 17.0. The van der Waals surface area contributed by atoms with Crippen molar-refractivity contribution in [2.75, 3.05) is 11.6 Å². The number of nitriles is 1. The fourth-order valence-electron chi connectivity index (χ4n) is 4.47. The van der Waals surface area contributed by atoms with Crippen LogP contribution in [0, 0.1) is 17.2 Å². The molecule has 1 atom stereocenters. The van der Waals surface area contributed by atoms with Gasteiger partial charge < -0.3 is 4.74 Å². The first kappa shape index (κ1) is 21.7. The molecule has 0 bridgehead atoms. The van der Waals surface area contributed by atoms with E-state index in [1.165, 1.54) is 25.7 Å². The van der Waals surface area contributed by atoms with Gasteiger partial charge in [-0.15, -0.1) is 0 Å². The molecule has 2 aromatic carbocycles. The van der Waals surface area contributed by atoms with Gasteiger partial charge in [-0.3, -0.25) is 5.01 Å². The van der Waals surface area contributed by atoms with E-state index in [0.29, 0.717) is 33.7 Å². The highest BCUT2D eigenvalue weighted by molar-refractivity contribution is 6.34. The molecule has 0 radical (unpaired) electrons. The number of hydrazone groups is 1. The summed E-state index contributed by atoms with van der Waals surface area (Å²) in [5.74, 6) is 0.120. The van der Waals surface area contributed by atoms with Crippen LogP contribution in [0.3, 0.4) is 0 Å². The van der Waals surface area contributed by atoms with E-state index in [4.69, 9.17) is 33.0 Å². The lowest BCUT2D eigenvalue weighted by Gasteiger charge is -2.28. The highest BCUT2D eigenvalue weighted by Gasteiger charge is 2.36. The van der Waals surface area contributed by atoms with Gasteiger partial charge >= 0.3 is 5.97 Å². The Labute approximate surface area is 192 Å². The number of carbonyl (C=O) groups excluding carboxylic acids is 1. The first-order valence-corrected chi connectivity index (χ1v) is 11.3. The van der Waals surface area contributed by atoms with Crippen molar-refractivity contribution in [1.29, 1.82) is 5.26 Å². The number of nitrogens with zero attached hydrogens (tertiary/aromatic N) is 3. The fraction of sp³-hybridized carbons (Fsp3) is 0.375. The largest absolute Gasteiger partial charge is 0.462 e. The minimum Gasteiger partial charge on any atom is -0.462 e. The van der Waals surface area contributed by atoms with Crippen molar-refractivity contribution in [3.8, 4) is 6.07 Å². The Morgan fingerprint density at radius 2 is 1.97 bits per heavy atom. The summed E-state index contributed by atoms with van der Waals surface area (Å²) in [7, 11) is 0. The molecule has 0 spiro atoms. The maximum atomic E-state index is 12.1. The van der Waals surface area contributed by atoms with Crippen LogP contribution in [-0.4, -0.2) is 24.3 Å². The number of ether oxygens (including phenoxy) is 1. The van der Waals surface area contributed by atoms with Gasteiger partial charge in [0.15, 0.2) is 0 Å². The number of carbonyl (C=O) groups is 1. The van der Waals surface area contributed by atoms with E-state index in [9.17, 15) is 10.1 Å². The number of anilines is 1. The Morgan fingerprint density at radius 1 is 1.19 bits per heavy atom. The van der Waals surface area contributed by atoms with Crippen molar-refractivity contribution >= 4 is 40.6 Å². The molecule has 1 aliphatic carbocycles. The zero-order chi connectivity index (χ0) is 22.0. The molecule has 1 unspecified atom stereocenters. The van der Waals surface area contributed by atoms with Crippen LogP contribution in [0.5, 0.6) is 0 Å². The lowest BCUT2D eigenvalue weighted by Crippen LogP contribution is -2.32. The van der Waals surface area contributed by atoms with Gasteiger partial charge in [0, 0.05) is 6.42 Å². The molecule has 0 saturated heterocycles. The minimum atomic E-state index is -0.426. The molecule has 160 valence electrons. The topological polar surface area (TPSA) is 65.7 Å². The second kappa shape index (κ2) is 9.30. The van der Waals surface area contributed by atoms with Gasteiger partial charge in [-0.2, -0.15) is 10.4 Å². The van der Waals surface area contributed by atoms with E-state index >= 15 is 0 Å². The van der Waals surface area contributed by atoms with E-state index < -0.39 is 5.97 Å². The Morgan fingerprint density at radius 3 is 2.61 bits per heavy atom. The van der Waals surface area contributed by atoms with E-state index in [2.05, 4.69) is 6.07 Å². The van der Waals surface area contributed by atoms with Gasteiger partial charge in [0.05, 0.1) is 45.2 Å². The molecule has 2 aliphatic rings. The van der Waals surface area contributed by atoms with Gasteiger partial charge in [-0.1, -0.05) is 42.1 Å². The fourth-order valence-corrected chi connectivity index (χ4v) is 4.94. The molecule has 1 fully saturated rings. The number of rotatable bonds is 5. The third kappa shape index (κ3) is 4.42. The Hall–Kier alpha value is -2.55. The zero-order valence-corrected chi connectivity index (χ0v) is 18.8. The molecule has 4 rings (SSSR count). The third-order valence-corrected chi connectivity index (χ3v) is 6.65. The van der Waals surface area contributed by atoms with Gasteiger partial charge in [0.2, 0.25) is 0 Å². The summed E-state index contributed by atoms with van der Waals surface area (Å²) in [5.41, 5.74) is 3.50. The second-order valence-corrected chi connectivity index (χ2v) is 8.71. The van der Waals surface area contributed by atoms with Crippen LogP contribution in [0.2, 0.25) is 10.0 Å². The van der Waals surface area contributed by atoms with Crippen molar-refractivity contribution in [3.05, 3.63) is 63.1 Å². The molecule has 1 saturated carbocycles. The van der Waals surface area contributed by atoms with E-state index in [1.54, 1.807) is 25.1 Å². The maximum Gasteiger partial charge on any atom is 0.339 e. The Kier molecular flexibility index (Phi) is 6.50. The molecule has 1 heterocycles. The lowest BCUT2D eigenvalue weighted by molar-refractivity contribution is 0.0526. The Bertz CT molecular complexity index is 1070. The van der Waals surface area contributed by atoms with E-state index in [0.717, 1.165) is 23.4 Å². The predicted octanol–water partition coefficient (Wildman–Crippen LogP) is 6.21. The van der Waals surface area contributed by atoms with Crippen molar-refractivity contribution in [1.82, 2.24) is 0 Å². The van der Waals surface area contributed by atoms with Crippen LogP contribution >= 0.6 is 23.2 Å². The van der Waals surface area contributed by atoms with Crippen LogP contribution in [0.1, 0.15) is 60.5 Å². The summed E-state index contributed by atoms with van der Waals surface area (Å²) >= 11 is 12.7. The van der Waals surface area contributed by atoms with Crippen molar-refractivity contribution in [2.45, 2.75) is 45.1 Å². The average Bonchev–Trinajstić information content (AvgIpc) is 3.43. The maximum absolute atomic E-state index is 12.1. The first-order valence-electron chi connectivity index (χ1n) is 10.5. The monoisotopic (exact) mass is 455 g/mol. The molecule has 31 heavy (non-hydrogen) atoms. The zero-order valence-electron chi connectivity index (χ0n) is 17.3. The molecule has 0 aromatic heterocycles.